The lowest BCUT2D eigenvalue weighted by Crippen LogP contribution is -2.52. The van der Waals surface area contributed by atoms with Crippen LogP contribution in [0.15, 0.2) is 48.1 Å². The summed E-state index contributed by atoms with van der Waals surface area (Å²) in [6.07, 6.45) is -0.0218. The lowest BCUT2D eigenvalue weighted by atomic mass is 9.85. The molecule has 0 spiro atoms. The van der Waals surface area contributed by atoms with Crippen molar-refractivity contribution in [3.63, 3.8) is 0 Å². The van der Waals surface area contributed by atoms with Crippen LogP contribution in [-0.4, -0.2) is 74.7 Å². The van der Waals surface area contributed by atoms with E-state index in [0.717, 1.165) is 11.4 Å². The maximum atomic E-state index is 13.4. The first-order valence-electron chi connectivity index (χ1n) is 12.4. The number of ether oxygens (including phenoxy) is 3. The average molecular weight is 581 g/mol. The molecule has 1 aromatic rings. The van der Waals surface area contributed by atoms with E-state index in [2.05, 4.69) is 31.4 Å². The third-order valence-corrected chi connectivity index (χ3v) is 7.57. The molecule has 4 atom stereocenters. The SMILES string of the molecule is C=CC[C@@H]1CN(S(=O)(=O)NC[C@H](NC(=O)OC(C)(C)C)C(=O)OC)C[C@]1(N=[N+]=[N-])C(=O)O[C@H](C)c1ccccc1. The van der Waals surface area contributed by atoms with Crippen LogP contribution in [0.1, 0.15) is 45.8 Å². The van der Waals surface area contributed by atoms with Gasteiger partial charge in [-0.3, -0.25) is 4.79 Å². The van der Waals surface area contributed by atoms with Crippen LogP contribution in [0.2, 0.25) is 0 Å². The van der Waals surface area contributed by atoms with Crippen molar-refractivity contribution in [1.29, 1.82) is 0 Å². The molecule has 0 aromatic heterocycles. The van der Waals surface area contributed by atoms with Crippen molar-refractivity contribution in [1.82, 2.24) is 14.3 Å². The standard InChI is InChI=1S/C25H36N6O8S/c1-7-11-19-15-31(16-25(19,29-30-26)22(33)38-17(2)18-12-9-8-10-13-18)40(35,36)27-14-20(21(32)37-6)28-23(34)39-24(3,4)5/h7-10,12-13,17,19-20,27H,1,11,14-16H2,2-6H3,(H,28,34)/t17-,19-,20+,25-/m1/s1. The zero-order valence-corrected chi connectivity index (χ0v) is 24.0. The number of amides is 1. The second-order valence-corrected chi connectivity index (χ2v) is 11.9. The number of esters is 2. The highest BCUT2D eigenvalue weighted by Gasteiger charge is 2.55. The summed E-state index contributed by atoms with van der Waals surface area (Å²) in [6.45, 7) is 8.87. The number of allylic oxidation sites excluding steroid dienone is 1. The Morgan fingerprint density at radius 1 is 1.30 bits per heavy atom. The summed E-state index contributed by atoms with van der Waals surface area (Å²) >= 11 is 0. The van der Waals surface area contributed by atoms with Gasteiger partial charge in [0.05, 0.1) is 7.11 Å². The molecule has 1 amide bonds. The van der Waals surface area contributed by atoms with Gasteiger partial charge in [0, 0.05) is 24.5 Å². The van der Waals surface area contributed by atoms with Gasteiger partial charge in [0.25, 0.3) is 10.2 Å². The Kier molecular flexibility index (Phi) is 11.1. The molecule has 40 heavy (non-hydrogen) atoms. The van der Waals surface area contributed by atoms with Crippen molar-refractivity contribution in [2.75, 3.05) is 26.7 Å². The van der Waals surface area contributed by atoms with E-state index in [4.69, 9.17) is 9.47 Å². The Morgan fingerprint density at radius 2 is 1.95 bits per heavy atom. The predicted molar refractivity (Wildman–Crippen MR) is 145 cm³/mol. The first-order chi connectivity index (χ1) is 18.7. The molecule has 0 unspecified atom stereocenters. The van der Waals surface area contributed by atoms with Gasteiger partial charge in [0.1, 0.15) is 17.7 Å². The highest BCUT2D eigenvalue weighted by molar-refractivity contribution is 7.87. The number of hydrogen-bond acceptors (Lipinski definition) is 9. The second-order valence-electron chi connectivity index (χ2n) is 10.2. The molecule has 0 aliphatic carbocycles. The summed E-state index contributed by atoms with van der Waals surface area (Å²) in [5.41, 5.74) is 7.29. The molecular weight excluding hydrogens is 544 g/mol. The van der Waals surface area contributed by atoms with Crippen LogP contribution in [0.4, 0.5) is 4.79 Å². The van der Waals surface area contributed by atoms with Gasteiger partial charge in [-0.1, -0.05) is 41.5 Å². The summed E-state index contributed by atoms with van der Waals surface area (Å²) in [5.74, 6) is -2.59. The third-order valence-electron chi connectivity index (χ3n) is 6.08. The maximum Gasteiger partial charge on any atom is 0.408 e. The number of carbonyl (C=O) groups is 3. The Balaban J connectivity index is 2.26. The van der Waals surface area contributed by atoms with Gasteiger partial charge in [0.2, 0.25) is 0 Å². The fourth-order valence-corrected chi connectivity index (χ4v) is 5.40. The number of nitrogens with one attached hydrogen (secondary N) is 2. The number of azide groups is 1. The van der Waals surface area contributed by atoms with Crippen LogP contribution >= 0.6 is 0 Å². The molecule has 1 fully saturated rings. The van der Waals surface area contributed by atoms with E-state index < -0.39 is 70.5 Å². The summed E-state index contributed by atoms with van der Waals surface area (Å²) in [5, 5.41) is 6.03. The third kappa shape index (κ3) is 8.42. The number of hydrogen-bond donors (Lipinski definition) is 2. The van der Waals surface area contributed by atoms with E-state index in [1.807, 2.05) is 0 Å². The molecule has 14 nitrogen and oxygen atoms in total. The molecule has 2 N–H and O–H groups in total. The molecule has 1 saturated heterocycles. The van der Waals surface area contributed by atoms with Crippen LogP contribution in [-0.2, 0) is 34.0 Å². The number of methoxy groups -OCH3 is 1. The summed E-state index contributed by atoms with van der Waals surface area (Å²) < 4.78 is 45.2. The second kappa shape index (κ2) is 13.6. The van der Waals surface area contributed by atoms with Crippen molar-refractivity contribution < 1.29 is 37.0 Å². The molecule has 1 aromatic carbocycles. The number of carbonyl (C=O) groups excluding carboxylic acids is 3. The van der Waals surface area contributed by atoms with Gasteiger partial charge in [-0.05, 0) is 51.1 Å². The van der Waals surface area contributed by atoms with Crippen LogP contribution in [0.25, 0.3) is 10.4 Å². The maximum absolute atomic E-state index is 13.4. The van der Waals surface area contributed by atoms with E-state index in [9.17, 15) is 28.3 Å². The van der Waals surface area contributed by atoms with Crippen molar-refractivity contribution in [3.05, 3.63) is 59.0 Å². The smallest absolute Gasteiger partial charge is 0.408 e. The molecular formula is C25H36N6O8S. The van der Waals surface area contributed by atoms with Crippen molar-refractivity contribution in [3.8, 4) is 0 Å². The number of benzene rings is 1. The van der Waals surface area contributed by atoms with Gasteiger partial charge < -0.3 is 19.5 Å². The normalized spacial score (nSPS) is 20.9. The van der Waals surface area contributed by atoms with E-state index in [1.54, 1.807) is 58.0 Å². The van der Waals surface area contributed by atoms with E-state index in [-0.39, 0.29) is 13.0 Å². The molecule has 0 saturated carbocycles. The highest BCUT2D eigenvalue weighted by atomic mass is 32.2. The van der Waals surface area contributed by atoms with Crippen molar-refractivity contribution in [2.45, 2.75) is 57.4 Å². The van der Waals surface area contributed by atoms with Gasteiger partial charge in [-0.25, -0.2) is 9.59 Å². The highest BCUT2D eigenvalue weighted by Crippen LogP contribution is 2.38. The van der Waals surface area contributed by atoms with Crippen LogP contribution in [0.3, 0.4) is 0 Å². The monoisotopic (exact) mass is 580 g/mol. The minimum absolute atomic E-state index is 0.144. The number of rotatable bonds is 12. The number of alkyl carbamates (subject to hydrolysis) is 1. The van der Waals surface area contributed by atoms with Crippen molar-refractivity contribution in [2.24, 2.45) is 11.0 Å². The zero-order valence-electron chi connectivity index (χ0n) is 23.2. The largest absolute Gasteiger partial charge is 0.467 e. The topological polar surface area (TPSA) is 189 Å². The predicted octanol–water partition coefficient (Wildman–Crippen LogP) is 2.75. The van der Waals surface area contributed by atoms with Gasteiger partial charge in [0.15, 0.2) is 5.54 Å². The Hall–Kier alpha value is -3.65. The zero-order chi connectivity index (χ0) is 30.1. The van der Waals surface area contributed by atoms with E-state index in [0.29, 0.717) is 5.56 Å². The lowest BCUT2D eigenvalue weighted by molar-refractivity contribution is -0.156. The number of nitrogens with zero attached hydrogens (tertiary/aromatic N) is 4. The summed E-state index contributed by atoms with van der Waals surface area (Å²) in [7, 11) is -3.28. The minimum Gasteiger partial charge on any atom is -0.467 e. The average Bonchev–Trinajstić information content (AvgIpc) is 3.26. The molecule has 1 aliphatic rings. The van der Waals surface area contributed by atoms with Crippen LogP contribution in [0, 0.1) is 5.92 Å². The Labute approximate surface area is 233 Å². The lowest BCUT2D eigenvalue weighted by Gasteiger charge is -2.28. The Bertz CT molecular complexity index is 1230. The molecule has 0 radical (unpaired) electrons. The summed E-state index contributed by atoms with van der Waals surface area (Å²) in [6, 6.07) is 7.46. The van der Waals surface area contributed by atoms with Crippen molar-refractivity contribution >= 4 is 28.2 Å². The molecule has 15 heteroatoms. The molecule has 1 heterocycles. The first kappa shape index (κ1) is 32.6. The molecule has 0 bridgehead atoms. The molecule has 2 rings (SSSR count). The van der Waals surface area contributed by atoms with Gasteiger partial charge in [-0.2, -0.15) is 17.4 Å². The van der Waals surface area contributed by atoms with Gasteiger partial charge >= 0.3 is 18.0 Å². The van der Waals surface area contributed by atoms with Crippen LogP contribution < -0.4 is 10.0 Å². The van der Waals surface area contributed by atoms with E-state index in [1.165, 1.54) is 6.08 Å². The fraction of sp³-hybridized carbons (Fsp3) is 0.560. The van der Waals surface area contributed by atoms with Crippen LogP contribution in [0.5, 0.6) is 0 Å². The fourth-order valence-electron chi connectivity index (χ4n) is 4.10. The minimum atomic E-state index is -4.36. The quantitative estimate of drug-likeness (QED) is 0.0942. The van der Waals surface area contributed by atoms with E-state index >= 15 is 0 Å². The van der Waals surface area contributed by atoms with Gasteiger partial charge in [-0.15, -0.1) is 6.58 Å². The molecule has 1 aliphatic heterocycles. The first-order valence-corrected chi connectivity index (χ1v) is 13.9. The molecule has 220 valence electrons. The summed E-state index contributed by atoms with van der Waals surface area (Å²) in [4.78, 5) is 40.7. The Morgan fingerprint density at radius 3 is 2.50 bits per heavy atom.